The van der Waals surface area contributed by atoms with Crippen LogP contribution in [-0.4, -0.2) is 39.4 Å². The van der Waals surface area contributed by atoms with Crippen LogP contribution < -0.4 is 10.1 Å². The van der Waals surface area contributed by atoms with E-state index in [0.717, 1.165) is 54.0 Å². The number of hydrogen-bond donors (Lipinski definition) is 1. The Labute approximate surface area is 164 Å². The highest BCUT2D eigenvalue weighted by Gasteiger charge is 2.25. The molecule has 6 heteroatoms. The van der Waals surface area contributed by atoms with Gasteiger partial charge in [0, 0.05) is 35.0 Å². The molecule has 0 saturated carbocycles. The molecule has 1 aromatic carbocycles. The fourth-order valence-electron chi connectivity index (χ4n) is 3.41. The Hall–Kier alpha value is -1.53. The number of esters is 1. The minimum atomic E-state index is -0.359. The van der Waals surface area contributed by atoms with Crippen molar-refractivity contribution in [2.45, 2.75) is 39.2 Å². The molecule has 0 radical (unpaired) electrons. The van der Waals surface area contributed by atoms with Crippen molar-refractivity contribution in [1.29, 1.82) is 0 Å². The van der Waals surface area contributed by atoms with E-state index in [1.54, 1.807) is 7.11 Å². The fraction of sp³-hybridized carbons (Fsp3) is 0.550. The quantitative estimate of drug-likeness (QED) is 0.524. The first-order valence-corrected chi connectivity index (χ1v) is 9.78. The zero-order chi connectivity index (χ0) is 19.1. The van der Waals surface area contributed by atoms with Crippen LogP contribution in [0.2, 0.25) is 0 Å². The molecule has 26 heavy (non-hydrogen) atoms. The zero-order valence-electron chi connectivity index (χ0n) is 15.9. The molecule has 0 amide bonds. The molecule has 1 heterocycles. The van der Waals surface area contributed by atoms with E-state index in [1.165, 1.54) is 7.11 Å². The molecular formula is C20H28BrNO4. The molecule has 0 aliphatic carbocycles. The van der Waals surface area contributed by atoms with Crippen molar-refractivity contribution in [2.75, 3.05) is 27.4 Å². The molecule has 2 rings (SSSR count). The van der Waals surface area contributed by atoms with E-state index in [9.17, 15) is 4.79 Å². The van der Waals surface area contributed by atoms with Crippen LogP contribution in [0.25, 0.3) is 5.57 Å². The van der Waals surface area contributed by atoms with Crippen LogP contribution in [0.3, 0.4) is 0 Å². The SMILES string of the molecule is CCC(N/C(C)=C(\C(=O)OC)c1ccc(OC)cc1Br)C1CCOCC1. The van der Waals surface area contributed by atoms with Crippen molar-refractivity contribution in [2.24, 2.45) is 5.92 Å². The third kappa shape index (κ3) is 5.01. The molecule has 1 N–H and O–H groups in total. The highest BCUT2D eigenvalue weighted by atomic mass is 79.9. The molecule has 1 aliphatic heterocycles. The summed E-state index contributed by atoms with van der Waals surface area (Å²) in [5.41, 5.74) is 2.14. The van der Waals surface area contributed by atoms with Gasteiger partial charge in [-0.3, -0.25) is 0 Å². The summed E-state index contributed by atoms with van der Waals surface area (Å²) in [6.07, 6.45) is 3.07. The number of carbonyl (C=O) groups is 1. The number of allylic oxidation sites excluding steroid dienone is 1. The van der Waals surface area contributed by atoms with Crippen LogP contribution in [0.15, 0.2) is 28.4 Å². The Morgan fingerprint density at radius 1 is 1.35 bits per heavy atom. The van der Waals surface area contributed by atoms with Gasteiger partial charge in [0.15, 0.2) is 0 Å². The number of halogens is 1. The predicted octanol–water partition coefficient (Wildman–Crippen LogP) is 4.16. The molecule has 0 bridgehead atoms. The molecular weight excluding hydrogens is 398 g/mol. The van der Waals surface area contributed by atoms with E-state index in [4.69, 9.17) is 14.2 Å². The summed E-state index contributed by atoms with van der Waals surface area (Å²) in [4.78, 5) is 12.5. The van der Waals surface area contributed by atoms with Crippen molar-refractivity contribution in [3.8, 4) is 5.75 Å². The molecule has 1 unspecified atom stereocenters. The number of ether oxygens (including phenoxy) is 3. The van der Waals surface area contributed by atoms with E-state index in [2.05, 4.69) is 28.2 Å². The Morgan fingerprint density at radius 2 is 2.04 bits per heavy atom. The van der Waals surface area contributed by atoms with Gasteiger partial charge in [-0.1, -0.05) is 22.9 Å². The molecule has 1 fully saturated rings. The van der Waals surface area contributed by atoms with Crippen LogP contribution in [0.4, 0.5) is 0 Å². The summed E-state index contributed by atoms with van der Waals surface area (Å²) in [5.74, 6) is 0.911. The van der Waals surface area contributed by atoms with Gasteiger partial charge in [-0.15, -0.1) is 0 Å². The van der Waals surface area contributed by atoms with E-state index in [0.29, 0.717) is 17.5 Å². The van der Waals surface area contributed by atoms with Crippen molar-refractivity contribution < 1.29 is 19.0 Å². The summed E-state index contributed by atoms with van der Waals surface area (Å²) < 4.78 is 16.6. The number of methoxy groups -OCH3 is 2. The van der Waals surface area contributed by atoms with E-state index >= 15 is 0 Å². The van der Waals surface area contributed by atoms with Crippen molar-refractivity contribution in [3.05, 3.63) is 33.9 Å². The fourth-order valence-corrected chi connectivity index (χ4v) is 3.97. The highest BCUT2D eigenvalue weighted by Crippen LogP contribution is 2.31. The highest BCUT2D eigenvalue weighted by molar-refractivity contribution is 9.10. The second-order valence-electron chi connectivity index (χ2n) is 6.45. The average molecular weight is 426 g/mol. The minimum absolute atomic E-state index is 0.301. The first-order valence-electron chi connectivity index (χ1n) is 8.99. The molecule has 0 spiro atoms. The standard InChI is InChI=1S/C20H28BrNO4/c1-5-18(14-8-10-26-11-9-14)22-13(2)19(20(23)25-4)16-7-6-15(24-3)12-17(16)21/h6-7,12,14,18,22H,5,8-11H2,1-4H3/b19-13-. The number of hydrogen-bond acceptors (Lipinski definition) is 5. The van der Waals surface area contributed by atoms with Gasteiger partial charge >= 0.3 is 5.97 Å². The van der Waals surface area contributed by atoms with Crippen LogP contribution in [0.1, 0.15) is 38.7 Å². The Bertz CT molecular complexity index is 653. The number of nitrogens with one attached hydrogen (secondary N) is 1. The molecule has 0 aromatic heterocycles. The van der Waals surface area contributed by atoms with Gasteiger partial charge in [-0.2, -0.15) is 0 Å². The molecule has 1 saturated heterocycles. The van der Waals surface area contributed by atoms with Gasteiger partial charge in [0.2, 0.25) is 0 Å². The van der Waals surface area contributed by atoms with Crippen LogP contribution in [0.5, 0.6) is 5.75 Å². The van der Waals surface area contributed by atoms with Gasteiger partial charge in [0.05, 0.1) is 19.8 Å². The lowest BCUT2D eigenvalue weighted by atomic mass is 9.89. The summed E-state index contributed by atoms with van der Waals surface area (Å²) in [7, 11) is 3.02. The summed E-state index contributed by atoms with van der Waals surface area (Å²) >= 11 is 3.55. The average Bonchev–Trinajstić information content (AvgIpc) is 2.67. The maximum absolute atomic E-state index is 12.5. The van der Waals surface area contributed by atoms with E-state index in [-0.39, 0.29) is 5.97 Å². The number of carbonyl (C=O) groups excluding carboxylic acids is 1. The lowest BCUT2D eigenvalue weighted by molar-refractivity contribution is -0.133. The topological polar surface area (TPSA) is 56.8 Å². The van der Waals surface area contributed by atoms with Crippen molar-refractivity contribution in [1.82, 2.24) is 5.32 Å². The van der Waals surface area contributed by atoms with Gasteiger partial charge in [0.1, 0.15) is 5.75 Å². The lowest BCUT2D eigenvalue weighted by Gasteiger charge is -2.31. The minimum Gasteiger partial charge on any atom is -0.497 e. The largest absolute Gasteiger partial charge is 0.497 e. The maximum atomic E-state index is 12.5. The second-order valence-corrected chi connectivity index (χ2v) is 7.30. The smallest absolute Gasteiger partial charge is 0.340 e. The predicted molar refractivity (Wildman–Crippen MR) is 106 cm³/mol. The third-order valence-electron chi connectivity index (χ3n) is 4.89. The first-order chi connectivity index (χ1) is 12.5. The Kier molecular flexibility index (Phi) is 7.97. The molecule has 1 aliphatic rings. The Balaban J connectivity index is 2.35. The van der Waals surface area contributed by atoms with Gasteiger partial charge < -0.3 is 19.5 Å². The molecule has 144 valence electrons. The molecule has 5 nitrogen and oxygen atoms in total. The second kappa shape index (κ2) is 9.97. The number of rotatable bonds is 7. The first kappa shape index (κ1) is 20.8. The Morgan fingerprint density at radius 3 is 2.58 bits per heavy atom. The summed E-state index contributed by atoms with van der Waals surface area (Å²) in [6, 6.07) is 5.86. The normalized spacial score (nSPS) is 17.3. The maximum Gasteiger partial charge on any atom is 0.340 e. The van der Waals surface area contributed by atoms with Crippen molar-refractivity contribution in [3.63, 3.8) is 0 Å². The van der Waals surface area contributed by atoms with E-state index in [1.807, 2.05) is 25.1 Å². The van der Waals surface area contributed by atoms with Crippen molar-refractivity contribution >= 4 is 27.5 Å². The molecule has 1 aromatic rings. The summed E-state index contributed by atoms with van der Waals surface area (Å²) in [6.45, 7) is 5.71. The van der Waals surface area contributed by atoms with Gasteiger partial charge in [-0.25, -0.2) is 4.79 Å². The number of benzene rings is 1. The van der Waals surface area contributed by atoms with E-state index < -0.39 is 0 Å². The molecule has 1 atom stereocenters. The lowest BCUT2D eigenvalue weighted by Crippen LogP contribution is -2.38. The van der Waals surface area contributed by atoms with Crippen LogP contribution in [0, 0.1) is 5.92 Å². The zero-order valence-corrected chi connectivity index (χ0v) is 17.5. The third-order valence-corrected chi connectivity index (χ3v) is 5.54. The van der Waals surface area contributed by atoms with Gasteiger partial charge in [0.25, 0.3) is 0 Å². The van der Waals surface area contributed by atoms with Crippen LogP contribution in [-0.2, 0) is 14.3 Å². The summed E-state index contributed by atoms with van der Waals surface area (Å²) in [5, 5.41) is 3.58. The monoisotopic (exact) mass is 425 g/mol. The van der Waals surface area contributed by atoms with Crippen LogP contribution >= 0.6 is 15.9 Å². The van der Waals surface area contributed by atoms with Gasteiger partial charge in [-0.05, 0) is 50.3 Å².